The number of carbonyl (C=O) groups excluding carboxylic acids is 1. The van der Waals surface area contributed by atoms with Crippen LogP contribution in [-0.2, 0) is 4.79 Å². The third-order valence-corrected chi connectivity index (χ3v) is 4.84. The molecule has 1 aliphatic rings. The molecule has 0 saturated heterocycles. The third kappa shape index (κ3) is 3.32. The minimum atomic E-state index is -0.0734. The second-order valence-corrected chi connectivity index (χ2v) is 6.44. The average Bonchev–Trinajstić information content (AvgIpc) is 2.96. The van der Waals surface area contributed by atoms with E-state index < -0.39 is 0 Å². The van der Waals surface area contributed by atoms with Gasteiger partial charge in [-0.2, -0.15) is 0 Å². The van der Waals surface area contributed by atoms with Crippen LogP contribution in [0.2, 0.25) is 0 Å². The lowest BCUT2D eigenvalue weighted by molar-refractivity contribution is -0.124. The van der Waals surface area contributed by atoms with E-state index in [1.54, 1.807) is 0 Å². The molecule has 2 aromatic rings. The molecule has 2 atom stereocenters. The van der Waals surface area contributed by atoms with Crippen molar-refractivity contribution >= 4 is 27.5 Å². The maximum atomic E-state index is 12.0. The number of rotatable bonds is 4. The highest BCUT2D eigenvalue weighted by atomic mass is 32.1. The smallest absolute Gasteiger partial charge is 0.258 e. The monoisotopic (exact) mass is 305 g/mol. The molecule has 21 heavy (non-hydrogen) atoms. The number of thiophene rings is 1. The second-order valence-electron chi connectivity index (χ2n) is 5.54. The fourth-order valence-electron chi connectivity index (χ4n) is 2.80. The number of ether oxygens (including phenoxy) is 1. The number of hydrogen-bond acceptors (Lipinski definition) is 5. The zero-order chi connectivity index (χ0) is 14.7. The first-order chi connectivity index (χ1) is 10.2. The van der Waals surface area contributed by atoms with Crippen molar-refractivity contribution in [3.05, 3.63) is 17.8 Å². The summed E-state index contributed by atoms with van der Waals surface area (Å²) in [5.74, 6) is 0.953. The van der Waals surface area contributed by atoms with Crippen LogP contribution >= 0.6 is 11.3 Å². The second kappa shape index (κ2) is 6.39. The van der Waals surface area contributed by atoms with Gasteiger partial charge in [-0.15, -0.1) is 11.3 Å². The zero-order valence-electron chi connectivity index (χ0n) is 12.0. The van der Waals surface area contributed by atoms with E-state index >= 15 is 0 Å². The SMILES string of the molecule is C[C@@H]1CCCC[C@H]1NC(=O)COc1ncnc2sccc12. The Hall–Kier alpha value is -1.69. The van der Waals surface area contributed by atoms with Crippen molar-refractivity contribution in [2.45, 2.75) is 38.6 Å². The van der Waals surface area contributed by atoms with Crippen LogP contribution in [0.5, 0.6) is 5.88 Å². The summed E-state index contributed by atoms with van der Waals surface area (Å²) < 4.78 is 5.56. The normalized spacial score (nSPS) is 22.1. The van der Waals surface area contributed by atoms with Crippen LogP contribution in [0.15, 0.2) is 17.8 Å². The molecular weight excluding hydrogens is 286 g/mol. The predicted octanol–water partition coefficient (Wildman–Crippen LogP) is 2.77. The van der Waals surface area contributed by atoms with Gasteiger partial charge in [0.1, 0.15) is 11.2 Å². The largest absolute Gasteiger partial charge is 0.467 e. The van der Waals surface area contributed by atoms with Gasteiger partial charge in [0.15, 0.2) is 6.61 Å². The molecule has 2 heterocycles. The van der Waals surface area contributed by atoms with E-state index in [1.807, 2.05) is 11.4 Å². The first-order valence-corrected chi connectivity index (χ1v) is 8.22. The van der Waals surface area contributed by atoms with Gasteiger partial charge in [-0.3, -0.25) is 4.79 Å². The van der Waals surface area contributed by atoms with Crippen molar-refractivity contribution in [1.29, 1.82) is 0 Å². The number of amides is 1. The molecule has 0 aliphatic heterocycles. The Kier molecular flexibility index (Phi) is 4.34. The summed E-state index contributed by atoms with van der Waals surface area (Å²) in [5.41, 5.74) is 0. The molecule has 112 valence electrons. The molecule has 1 saturated carbocycles. The number of nitrogens with zero attached hydrogens (tertiary/aromatic N) is 2. The molecule has 1 fully saturated rings. The lowest BCUT2D eigenvalue weighted by Gasteiger charge is -2.29. The molecule has 3 rings (SSSR count). The van der Waals surface area contributed by atoms with E-state index in [9.17, 15) is 4.79 Å². The molecular formula is C15H19N3O2S. The molecule has 6 heteroatoms. The van der Waals surface area contributed by atoms with Crippen molar-refractivity contribution in [3.8, 4) is 5.88 Å². The molecule has 1 N–H and O–H groups in total. The van der Waals surface area contributed by atoms with E-state index in [1.165, 1.54) is 36.9 Å². The van der Waals surface area contributed by atoms with E-state index in [2.05, 4.69) is 22.2 Å². The Balaban J connectivity index is 1.57. The molecule has 5 nitrogen and oxygen atoms in total. The molecule has 1 amide bonds. The van der Waals surface area contributed by atoms with E-state index in [4.69, 9.17) is 4.74 Å². The van der Waals surface area contributed by atoms with Crippen molar-refractivity contribution < 1.29 is 9.53 Å². The summed E-state index contributed by atoms with van der Waals surface area (Å²) in [6.45, 7) is 2.20. The Labute approximate surface area is 127 Å². The van der Waals surface area contributed by atoms with E-state index in [0.717, 1.165) is 16.6 Å². The predicted molar refractivity (Wildman–Crippen MR) is 82.5 cm³/mol. The fraction of sp³-hybridized carbons (Fsp3) is 0.533. The molecule has 0 aromatic carbocycles. The maximum absolute atomic E-state index is 12.0. The Bertz CT molecular complexity index is 628. The van der Waals surface area contributed by atoms with Gasteiger partial charge in [0.2, 0.25) is 5.88 Å². The van der Waals surface area contributed by atoms with Crippen LogP contribution in [0.1, 0.15) is 32.6 Å². The third-order valence-electron chi connectivity index (χ3n) is 4.02. The minimum Gasteiger partial charge on any atom is -0.467 e. The van der Waals surface area contributed by atoms with Gasteiger partial charge in [0, 0.05) is 6.04 Å². The van der Waals surface area contributed by atoms with Gasteiger partial charge >= 0.3 is 0 Å². The first-order valence-electron chi connectivity index (χ1n) is 7.34. The lowest BCUT2D eigenvalue weighted by atomic mass is 9.86. The van der Waals surface area contributed by atoms with Gasteiger partial charge in [-0.1, -0.05) is 19.8 Å². The number of carbonyl (C=O) groups is 1. The lowest BCUT2D eigenvalue weighted by Crippen LogP contribution is -2.43. The highest BCUT2D eigenvalue weighted by Gasteiger charge is 2.23. The van der Waals surface area contributed by atoms with E-state index in [0.29, 0.717) is 11.8 Å². The molecule has 0 radical (unpaired) electrons. The van der Waals surface area contributed by atoms with E-state index in [-0.39, 0.29) is 18.6 Å². The first kappa shape index (κ1) is 14.3. The summed E-state index contributed by atoms with van der Waals surface area (Å²) >= 11 is 1.53. The fourth-order valence-corrected chi connectivity index (χ4v) is 3.52. The summed E-state index contributed by atoms with van der Waals surface area (Å²) in [7, 11) is 0. The molecule has 2 aromatic heterocycles. The van der Waals surface area contributed by atoms with Crippen LogP contribution < -0.4 is 10.1 Å². The van der Waals surface area contributed by atoms with Gasteiger partial charge in [0.25, 0.3) is 5.91 Å². The average molecular weight is 305 g/mol. The van der Waals surface area contributed by atoms with Crippen molar-refractivity contribution in [3.63, 3.8) is 0 Å². The van der Waals surface area contributed by atoms with Gasteiger partial charge in [0.05, 0.1) is 5.39 Å². The van der Waals surface area contributed by atoms with Crippen LogP contribution in [0.3, 0.4) is 0 Å². The highest BCUT2D eigenvalue weighted by molar-refractivity contribution is 7.16. The number of fused-ring (bicyclic) bond motifs is 1. The van der Waals surface area contributed by atoms with Gasteiger partial charge in [-0.05, 0) is 30.2 Å². The molecule has 0 unspecified atom stereocenters. The Morgan fingerprint density at radius 1 is 1.43 bits per heavy atom. The maximum Gasteiger partial charge on any atom is 0.258 e. The van der Waals surface area contributed by atoms with Crippen molar-refractivity contribution in [1.82, 2.24) is 15.3 Å². The quantitative estimate of drug-likeness (QED) is 0.943. The standard InChI is InChI=1S/C15H19N3O2S/c1-10-4-2-3-5-12(10)18-13(19)8-20-14-11-6-7-21-15(11)17-9-16-14/h6-7,9-10,12H,2-5,8H2,1H3,(H,18,19)/t10-,12-/m1/s1. The number of nitrogens with one attached hydrogen (secondary N) is 1. The topological polar surface area (TPSA) is 64.1 Å². The van der Waals surface area contributed by atoms with Crippen LogP contribution in [0, 0.1) is 5.92 Å². The number of hydrogen-bond donors (Lipinski definition) is 1. The van der Waals surface area contributed by atoms with Gasteiger partial charge < -0.3 is 10.1 Å². The summed E-state index contributed by atoms with van der Waals surface area (Å²) in [4.78, 5) is 21.2. The number of aromatic nitrogens is 2. The minimum absolute atomic E-state index is 0.00514. The molecule has 0 spiro atoms. The highest BCUT2D eigenvalue weighted by Crippen LogP contribution is 2.26. The summed E-state index contributed by atoms with van der Waals surface area (Å²) in [6.07, 6.45) is 6.18. The zero-order valence-corrected chi connectivity index (χ0v) is 12.9. The Morgan fingerprint density at radius 3 is 3.14 bits per heavy atom. The van der Waals surface area contributed by atoms with Crippen LogP contribution in [-0.4, -0.2) is 28.5 Å². The molecule has 0 bridgehead atoms. The van der Waals surface area contributed by atoms with Crippen LogP contribution in [0.25, 0.3) is 10.2 Å². The molecule has 1 aliphatic carbocycles. The van der Waals surface area contributed by atoms with Crippen molar-refractivity contribution in [2.24, 2.45) is 5.92 Å². The summed E-state index contributed by atoms with van der Waals surface area (Å²) in [6, 6.07) is 2.19. The Morgan fingerprint density at radius 2 is 2.29 bits per heavy atom. The van der Waals surface area contributed by atoms with Crippen molar-refractivity contribution in [2.75, 3.05) is 6.61 Å². The summed E-state index contributed by atoms with van der Waals surface area (Å²) in [5, 5.41) is 5.88. The van der Waals surface area contributed by atoms with Gasteiger partial charge in [-0.25, -0.2) is 9.97 Å². The van der Waals surface area contributed by atoms with Crippen LogP contribution in [0.4, 0.5) is 0 Å².